The van der Waals surface area contributed by atoms with E-state index in [-0.39, 0.29) is 25.0 Å². The second kappa shape index (κ2) is 7.69. The molecule has 0 aliphatic carbocycles. The van der Waals surface area contributed by atoms with Crippen molar-refractivity contribution in [3.05, 3.63) is 5.82 Å². The molecule has 0 bridgehead atoms. The summed E-state index contributed by atoms with van der Waals surface area (Å²) in [6.45, 7) is 6.70. The fourth-order valence-electron chi connectivity index (χ4n) is 3.75. The number of hydrogen-bond acceptors (Lipinski definition) is 8. The van der Waals surface area contributed by atoms with Gasteiger partial charge in [-0.1, -0.05) is 0 Å². The van der Waals surface area contributed by atoms with Gasteiger partial charge in [0.25, 0.3) is 0 Å². The summed E-state index contributed by atoms with van der Waals surface area (Å²) in [6.07, 6.45) is 2.02. The van der Waals surface area contributed by atoms with Gasteiger partial charge in [-0.2, -0.15) is 4.37 Å². The van der Waals surface area contributed by atoms with Gasteiger partial charge in [-0.05, 0) is 26.7 Å². The third-order valence-electron chi connectivity index (χ3n) is 5.28. The molecule has 9 nitrogen and oxygen atoms in total. The number of carbonyl (C=O) groups excluding carboxylic acids is 2. The Labute approximate surface area is 162 Å². The van der Waals surface area contributed by atoms with Gasteiger partial charge in [0, 0.05) is 38.0 Å². The monoisotopic (exact) mass is 397 g/mol. The number of aromatic nitrogens is 2. The van der Waals surface area contributed by atoms with Gasteiger partial charge in [-0.15, -0.1) is 0 Å². The number of nitrogens with one attached hydrogen (secondary N) is 2. The van der Waals surface area contributed by atoms with Crippen LogP contribution in [-0.4, -0.2) is 69.8 Å². The summed E-state index contributed by atoms with van der Waals surface area (Å²) in [7, 11) is 0. The molecule has 27 heavy (non-hydrogen) atoms. The molecule has 3 heterocycles. The lowest BCUT2D eigenvalue weighted by atomic mass is 9.76. The van der Waals surface area contributed by atoms with Gasteiger partial charge >= 0.3 is 0 Å². The van der Waals surface area contributed by atoms with Crippen molar-refractivity contribution in [1.29, 1.82) is 0 Å². The van der Waals surface area contributed by atoms with Crippen LogP contribution in [0.2, 0.25) is 0 Å². The largest absolute Gasteiger partial charge is 0.388 e. The van der Waals surface area contributed by atoms with Crippen molar-refractivity contribution in [2.24, 2.45) is 0 Å². The molecule has 2 aliphatic rings. The summed E-state index contributed by atoms with van der Waals surface area (Å²) in [5.41, 5.74) is -1.47. The molecular formula is C17H27N5O4S. The standard InChI is InChI=1S/C17H27N5O4S/c1-11-19-15(27-21-11)22-6-4-17(5-7-22)10-16(3,25)13(9-26-17)20-14(24)8-18-12(2)23/h13,25H,4-10H2,1-3H3,(H,18,23)(H,20,24)/t13-,16-/m0/s1. The number of ether oxygens (including phenoxy) is 1. The van der Waals surface area contributed by atoms with E-state index in [1.807, 2.05) is 6.92 Å². The predicted molar refractivity (Wildman–Crippen MR) is 101 cm³/mol. The summed E-state index contributed by atoms with van der Waals surface area (Å²) in [5.74, 6) is 0.176. The van der Waals surface area contributed by atoms with Crippen LogP contribution >= 0.6 is 11.5 Å². The molecule has 2 fully saturated rings. The third kappa shape index (κ3) is 4.74. The number of nitrogens with zero attached hydrogens (tertiary/aromatic N) is 3. The molecule has 1 aromatic heterocycles. The summed E-state index contributed by atoms with van der Waals surface area (Å²) < 4.78 is 10.4. The lowest BCUT2D eigenvalue weighted by molar-refractivity contribution is -0.180. The van der Waals surface area contributed by atoms with Crippen molar-refractivity contribution in [1.82, 2.24) is 20.0 Å². The van der Waals surface area contributed by atoms with Crippen molar-refractivity contribution in [2.75, 3.05) is 31.1 Å². The first-order chi connectivity index (χ1) is 12.7. The van der Waals surface area contributed by atoms with E-state index in [0.717, 1.165) is 36.9 Å². The second-order valence-corrected chi connectivity index (χ2v) is 8.40. The summed E-state index contributed by atoms with van der Waals surface area (Å²) in [4.78, 5) is 29.5. The van der Waals surface area contributed by atoms with Crippen LogP contribution in [-0.2, 0) is 14.3 Å². The Bertz CT molecular complexity index is 699. The number of aryl methyl sites for hydroxylation is 1. The molecule has 0 unspecified atom stereocenters. The molecule has 0 aromatic carbocycles. The lowest BCUT2D eigenvalue weighted by Crippen LogP contribution is -2.64. The average Bonchev–Trinajstić information content (AvgIpc) is 3.02. The first-order valence-electron chi connectivity index (χ1n) is 9.15. The number of rotatable bonds is 4. The molecule has 1 spiro atoms. The lowest BCUT2D eigenvalue weighted by Gasteiger charge is -2.51. The van der Waals surface area contributed by atoms with Crippen LogP contribution in [0.15, 0.2) is 0 Å². The zero-order valence-electron chi connectivity index (χ0n) is 15.9. The van der Waals surface area contributed by atoms with Crippen LogP contribution in [0.4, 0.5) is 5.13 Å². The van der Waals surface area contributed by atoms with Crippen molar-refractivity contribution in [2.45, 2.75) is 57.3 Å². The fourth-order valence-corrected chi connectivity index (χ4v) is 4.48. The minimum atomic E-state index is -1.08. The first-order valence-corrected chi connectivity index (χ1v) is 9.92. The van der Waals surface area contributed by atoms with Crippen molar-refractivity contribution in [3.8, 4) is 0 Å². The van der Waals surface area contributed by atoms with Gasteiger partial charge < -0.3 is 25.4 Å². The van der Waals surface area contributed by atoms with E-state index < -0.39 is 17.2 Å². The minimum Gasteiger partial charge on any atom is -0.388 e. The van der Waals surface area contributed by atoms with E-state index >= 15 is 0 Å². The SMILES string of the molecule is CC(=O)NCC(=O)N[C@H]1COC2(CCN(c3nc(C)ns3)CC2)C[C@]1(C)O. The number of hydrogen-bond donors (Lipinski definition) is 3. The maximum absolute atomic E-state index is 12.0. The Morgan fingerprint density at radius 1 is 1.41 bits per heavy atom. The molecule has 0 saturated carbocycles. The normalized spacial score (nSPS) is 27.4. The molecule has 3 N–H and O–H groups in total. The highest BCUT2D eigenvalue weighted by molar-refractivity contribution is 7.09. The smallest absolute Gasteiger partial charge is 0.239 e. The van der Waals surface area contributed by atoms with E-state index in [0.29, 0.717) is 6.42 Å². The molecule has 3 rings (SSSR count). The molecule has 0 radical (unpaired) electrons. The van der Waals surface area contributed by atoms with Gasteiger partial charge in [0.1, 0.15) is 5.82 Å². The Kier molecular flexibility index (Phi) is 5.68. The number of amides is 2. The van der Waals surface area contributed by atoms with Crippen molar-refractivity contribution >= 4 is 28.5 Å². The van der Waals surface area contributed by atoms with Crippen molar-refractivity contribution < 1.29 is 19.4 Å². The maximum Gasteiger partial charge on any atom is 0.239 e. The molecular weight excluding hydrogens is 370 g/mol. The van der Waals surface area contributed by atoms with Crippen LogP contribution in [0, 0.1) is 6.92 Å². The van der Waals surface area contributed by atoms with Crippen LogP contribution in [0.5, 0.6) is 0 Å². The summed E-state index contributed by atoms with van der Waals surface area (Å²) >= 11 is 1.40. The summed E-state index contributed by atoms with van der Waals surface area (Å²) in [6, 6.07) is -0.506. The first kappa shape index (κ1) is 20.0. The van der Waals surface area contributed by atoms with Gasteiger partial charge in [-0.25, -0.2) is 4.98 Å². The summed E-state index contributed by atoms with van der Waals surface area (Å²) in [5, 5.41) is 17.1. The number of piperidine rings is 1. The Morgan fingerprint density at radius 2 is 2.11 bits per heavy atom. The second-order valence-electron chi connectivity index (χ2n) is 7.67. The fraction of sp³-hybridized carbons (Fsp3) is 0.765. The third-order valence-corrected chi connectivity index (χ3v) is 6.15. The maximum atomic E-state index is 12.0. The van der Waals surface area contributed by atoms with Gasteiger partial charge in [0.15, 0.2) is 0 Å². The van der Waals surface area contributed by atoms with Crippen LogP contribution in [0.1, 0.15) is 38.9 Å². The van der Waals surface area contributed by atoms with E-state index in [2.05, 4.69) is 24.9 Å². The highest BCUT2D eigenvalue weighted by Gasteiger charge is 2.49. The highest BCUT2D eigenvalue weighted by Crippen LogP contribution is 2.40. The van der Waals surface area contributed by atoms with E-state index in [9.17, 15) is 14.7 Å². The zero-order chi connectivity index (χ0) is 19.7. The van der Waals surface area contributed by atoms with E-state index in [4.69, 9.17) is 4.74 Å². The quantitative estimate of drug-likeness (QED) is 0.654. The number of aliphatic hydroxyl groups is 1. The van der Waals surface area contributed by atoms with Crippen LogP contribution in [0.25, 0.3) is 0 Å². The zero-order valence-corrected chi connectivity index (χ0v) is 16.8. The molecule has 2 amide bonds. The Hall–Kier alpha value is -1.78. The number of carbonyl (C=O) groups is 2. The van der Waals surface area contributed by atoms with E-state index in [1.54, 1.807) is 6.92 Å². The molecule has 10 heteroatoms. The molecule has 2 saturated heterocycles. The minimum absolute atomic E-state index is 0.108. The average molecular weight is 398 g/mol. The van der Waals surface area contributed by atoms with Crippen LogP contribution < -0.4 is 15.5 Å². The van der Waals surface area contributed by atoms with Gasteiger partial charge in [-0.3, -0.25) is 9.59 Å². The Morgan fingerprint density at radius 3 is 2.67 bits per heavy atom. The highest BCUT2D eigenvalue weighted by atomic mass is 32.1. The van der Waals surface area contributed by atoms with E-state index in [1.165, 1.54) is 18.5 Å². The predicted octanol–water partition coefficient (Wildman–Crippen LogP) is -0.0223. The van der Waals surface area contributed by atoms with Crippen LogP contribution in [0.3, 0.4) is 0 Å². The molecule has 2 atom stereocenters. The molecule has 2 aliphatic heterocycles. The number of anilines is 1. The van der Waals surface area contributed by atoms with Gasteiger partial charge in [0.05, 0.1) is 30.4 Å². The van der Waals surface area contributed by atoms with Gasteiger partial charge in [0.2, 0.25) is 16.9 Å². The molecule has 150 valence electrons. The topological polar surface area (TPSA) is 117 Å². The van der Waals surface area contributed by atoms with Crippen molar-refractivity contribution in [3.63, 3.8) is 0 Å². The molecule has 1 aromatic rings. The Balaban J connectivity index is 1.55.